The monoisotopic (exact) mass is 177 g/mol. The quantitative estimate of drug-likeness (QED) is 0.532. The molecule has 6 heteroatoms. The van der Waals surface area contributed by atoms with Crippen molar-refractivity contribution in [2.75, 3.05) is 5.75 Å². The first kappa shape index (κ1) is 8.06. The average molecular weight is 177 g/mol. The van der Waals surface area contributed by atoms with E-state index in [1.165, 1.54) is 0 Å². The zero-order valence-corrected chi connectivity index (χ0v) is 6.34. The smallest absolute Gasteiger partial charge is 0.327 e. The van der Waals surface area contributed by atoms with Crippen molar-refractivity contribution >= 4 is 15.8 Å². The SMILES string of the molecule is O=C(O)C1CS(=O)(=O)C=CN1. The molecule has 1 aliphatic rings. The molecule has 62 valence electrons. The number of carbonyl (C=O) groups is 1. The largest absolute Gasteiger partial charge is 0.480 e. The summed E-state index contributed by atoms with van der Waals surface area (Å²) in [6, 6.07) is -1.01. The molecule has 0 amide bonds. The molecule has 5 nitrogen and oxygen atoms in total. The van der Waals surface area contributed by atoms with Crippen LogP contribution in [-0.4, -0.2) is 31.3 Å². The molecular formula is C5H7NO4S. The molecule has 1 rings (SSSR count). The summed E-state index contributed by atoms with van der Waals surface area (Å²) in [6.07, 6.45) is 1.14. The van der Waals surface area contributed by atoms with Gasteiger partial charge in [-0.25, -0.2) is 13.2 Å². The normalized spacial score (nSPS) is 27.5. The van der Waals surface area contributed by atoms with Gasteiger partial charge < -0.3 is 10.4 Å². The highest BCUT2D eigenvalue weighted by Crippen LogP contribution is 2.02. The summed E-state index contributed by atoms with van der Waals surface area (Å²) in [5, 5.41) is 11.8. The number of nitrogens with one attached hydrogen (secondary N) is 1. The number of hydrogen-bond donors (Lipinski definition) is 2. The fraction of sp³-hybridized carbons (Fsp3) is 0.400. The first-order valence-electron chi connectivity index (χ1n) is 2.89. The first-order chi connectivity index (χ1) is 5.01. The molecule has 0 aromatic rings. The maximum atomic E-state index is 10.8. The zero-order chi connectivity index (χ0) is 8.48. The van der Waals surface area contributed by atoms with Crippen molar-refractivity contribution in [1.29, 1.82) is 0 Å². The molecule has 1 atom stereocenters. The van der Waals surface area contributed by atoms with Crippen LogP contribution in [0.1, 0.15) is 0 Å². The molecule has 0 saturated heterocycles. The first-order valence-corrected chi connectivity index (χ1v) is 4.61. The lowest BCUT2D eigenvalue weighted by atomic mass is 10.3. The molecule has 1 aliphatic heterocycles. The average Bonchev–Trinajstić information content (AvgIpc) is 1.85. The second kappa shape index (κ2) is 2.54. The second-order valence-corrected chi connectivity index (χ2v) is 4.12. The maximum Gasteiger partial charge on any atom is 0.327 e. The Morgan fingerprint density at radius 1 is 1.64 bits per heavy atom. The van der Waals surface area contributed by atoms with E-state index >= 15 is 0 Å². The van der Waals surface area contributed by atoms with Gasteiger partial charge in [0.15, 0.2) is 9.84 Å². The molecule has 0 aliphatic carbocycles. The third kappa shape index (κ3) is 1.94. The van der Waals surface area contributed by atoms with E-state index in [-0.39, 0.29) is 5.75 Å². The van der Waals surface area contributed by atoms with E-state index in [1.807, 2.05) is 0 Å². The fourth-order valence-electron chi connectivity index (χ4n) is 0.738. The predicted octanol–water partition coefficient (Wildman–Crippen LogP) is -1.07. The molecule has 0 fully saturated rings. The summed E-state index contributed by atoms with van der Waals surface area (Å²) < 4.78 is 21.6. The van der Waals surface area contributed by atoms with Crippen molar-refractivity contribution in [3.05, 3.63) is 11.6 Å². The molecule has 0 spiro atoms. The number of carboxylic acids is 1. The molecule has 0 aromatic heterocycles. The van der Waals surface area contributed by atoms with Gasteiger partial charge in [-0.05, 0) is 0 Å². The van der Waals surface area contributed by atoms with Crippen LogP contribution in [0.4, 0.5) is 0 Å². The fourth-order valence-corrected chi connectivity index (χ4v) is 1.84. The summed E-state index contributed by atoms with van der Waals surface area (Å²) in [7, 11) is -3.30. The highest BCUT2D eigenvalue weighted by Gasteiger charge is 2.25. The number of rotatable bonds is 1. The summed E-state index contributed by atoms with van der Waals surface area (Å²) in [5.74, 6) is -1.53. The molecule has 1 heterocycles. The molecule has 11 heavy (non-hydrogen) atoms. The van der Waals surface area contributed by atoms with Gasteiger partial charge in [0.1, 0.15) is 6.04 Å². The minimum atomic E-state index is -3.30. The van der Waals surface area contributed by atoms with Gasteiger partial charge >= 0.3 is 5.97 Å². The summed E-state index contributed by atoms with van der Waals surface area (Å²) in [6.45, 7) is 0. The van der Waals surface area contributed by atoms with Gasteiger partial charge in [0, 0.05) is 11.6 Å². The molecule has 0 bridgehead atoms. The highest BCUT2D eigenvalue weighted by atomic mass is 32.2. The second-order valence-electron chi connectivity index (χ2n) is 2.19. The lowest BCUT2D eigenvalue weighted by Gasteiger charge is -2.14. The maximum absolute atomic E-state index is 10.8. The molecular weight excluding hydrogens is 170 g/mol. The Kier molecular flexibility index (Phi) is 1.86. The van der Waals surface area contributed by atoms with Crippen LogP contribution < -0.4 is 5.32 Å². The van der Waals surface area contributed by atoms with E-state index in [2.05, 4.69) is 5.32 Å². The van der Waals surface area contributed by atoms with Crippen molar-refractivity contribution in [2.45, 2.75) is 6.04 Å². The Morgan fingerprint density at radius 3 is 2.64 bits per heavy atom. The summed E-state index contributed by atoms with van der Waals surface area (Å²) in [5.41, 5.74) is 0. The number of carboxylic acid groups (broad SMARTS) is 1. The number of sulfone groups is 1. The third-order valence-electron chi connectivity index (χ3n) is 1.27. The number of aliphatic carboxylic acids is 1. The summed E-state index contributed by atoms with van der Waals surface area (Å²) in [4.78, 5) is 10.3. The Bertz CT molecular complexity index is 292. The molecule has 2 N–H and O–H groups in total. The molecule has 1 unspecified atom stereocenters. The lowest BCUT2D eigenvalue weighted by molar-refractivity contribution is -0.138. The van der Waals surface area contributed by atoms with Crippen LogP contribution in [0.5, 0.6) is 0 Å². The predicted molar refractivity (Wildman–Crippen MR) is 37.5 cm³/mol. The van der Waals surface area contributed by atoms with Gasteiger partial charge in [0.25, 0.3) is 0 Å². The van der Waals surface area contributed by atoms with Gasteiger partial charge in [-0.3, -0.25) is 0 Å². The van der Waals surface area contributed by atoms with E-state index in [4.69, 9.17) is 5.11 Å². The summed E-state index contributed by atoms with van der Waals surface area (Å²) >= 11 is 0. The van der Waals surface area contributed by atoms with Gasteiger partial charge in [-0.2, -0.15) is 0 Å². The van der Waals surface area contributed by atoms with Gasteiger partial charge in [0.2, 0.25) is 0 Å². The topological polar surface area (TPSA) is 83.5 Å². The van der Waals surface area contributed by atoms with Crippen LogP contribution >= 0.6 is 0 Å². The minimum Gasteiger partial charge on any atom is -0.480 e. The zero-order valence-electron chi connectivity index (χ0n) is 5.52. The standard InChI is InChI=1S/C5H7NO4S/c7-5(8)4-3-11(9,10)2-1-6-4/h1-2,4,6H,3H2,(H,7,8). The molecule has 0 saturated carbocycles. The van der Waals surface area contributed by atoms with E-state index in [0.717, 1.165) is 11.6 Å². The Labute approximate surface area is 63.6 Å². The van der Waals surface area contributed by atoms with Crippen LogP contribution in [0.15, 0.2) is 11.6 Å². The van der Waals surface area contributed by atoms with Crippen LogP contribution in [0.2, 0.25) is 0 Å². The van der Waals surface area contributed by atoms with Crippen LogP contribution in [0, 0.1) is 0 Å². The van der Waals surface area contributed by atoms with Crippen molar-refractivity contribution in [3.8, 4) is 0 Å². The van der Waals surface area contributed by atoms with Crippen molar-refractivity contribution < 1.29 is 18.3 Å². The van der Waals surface area contributed by atoms with Crippen molar-refractivity contribution in [3.63, 3.8) is 0 Å². The Hall–Kier alpha value is -1.04. The third-order valence-corrected chi connectivity index (χ3v) is 2.62. The highest BCUT2D eigenvalue weighted by molar-refractivity contribution is 7.94. The van der Waals surface area contributed by atoms with Crippen LogP contribution in [-0.2, 0) is 14.6 Å². The Morgan fingerprint density at radius 2 is 2.27 bits per heavy atom. The minimum absolute atomic E-state index is 0.376. The Balaban J connectivity index is 2.83. The molecule has 0 aromatic carbocycles. The van der Waals surface area contributed by atoms with Crippen molar-refractivity contribution in [1.82, 2.24) is 5.32 Å². The van der Waals surface area contributed by atoms with E-state index in [9.17, 15) is 13.2 Å². The number of hydrogen-bond acceptors (Lipinski definition) is 4. The van der Waals surface area contributed by atoms with E-state index < -0.39 is 21.8 Å². The van der Waals surface area contributed by atoms with Crippen LogP contribution in [0.25, 0.3) is 0 Å². The molecule has 0 radical (unpaired) electrons. The van der Waals surface area contributed by atoms with E-state index in [1.54, 1.807) is 0 Å². The van der Waals surface area contributed by atoms with E-state index in [0.29, 0.717) is 0 Å². The van der Waals surface area contributed by atoms with Crippen LogP contribution in [0.3, 0.4) is 0 Å². The van der Waals surface area contributed by atoms with Crippen molar-refractivity contribution in [2.24, 2.45) is 0 Å². The lowest BCUT2D eigenvalue weighted by Crippen LogP contribution is -2.41. The van der Waals surface area contributed by atoms with Gasteiger partial charge in [0.05, 0.1) is 5.75 Å². The van der Waals surface area contributed by atoms with Gasteiger partial charge in [-0.15, -0.1) is 0 Å². The van der Waals surface area contributed by atoms with Gasteiger partial charge in [-0.1, -0.05) is 0 Å².